The van der Waals surface area contributed by atoms with Crippen LogP contribution in [0.2, 0.25) is 0 Å². The molecule has 0 atom stereocenters. The summed E-state index contributed by atoms with van der Waals surface area (Å²) in [5.41, 5.74) is 1.25. The number of methoxy groups -OCH3 is 1. The van der Waals surface area contributed by atoms with Gasteiger partial charge in [-0.25, -0.2) is 9.79 Å². The van der Waals surface area contributed by atoms with E-state index in [-0.39, 0.29) is 0 Å². The van der Waals surface area contributed by atoms with Crippen LogP contribution in [0.5, 0.6) is 0 Å². The van der Waals surface area contributed by atoms with Crippen molar-refractivity contribution >= 4 is 12.2 Å². The lowest BCUT2D eigenvalue weighted by molar-refractivity contribution is -0.136. The average molecular weight is 203 g/mol. The van der Waals surface area contributed by atoms with E-state index >= 15 is 0 Å². The molecule has 3 nitrogen and oxygen atoms in total. The summed E-state index contributed by atoms with van der Waals surface area (Å²) < 4.78 is 4.57. The second-order valence-corrected chi connectivity index (χ2v) is 2.83. The number of carbonyl (C=O) groups excluding carboxylic acids is 1. The Bertz CT molecular complexity index is 380. The summed E-state index contributed by atoms with van der Waals surface area (Å²) in [6, 6.07) is 9.57. The van der Waals surface area contributed by atoms with Crippen molar-refractivity contribution in [2.45, 2.75) is 6.92 Å². The maximum atomic E-state index is 11.2. The van der Waals surface area contributed by atoms with Crippen LogP contribution in [0.4, 0.5) is 0 Å². The topological polar surface area (TPSA) is 38.7 Å². The van der Waals surface area contributed by atoms with Crippen LogP contribution in [0.25, 0.3) is 0 Å². The fraction of sp³-hybridized carbons (Fsp3) is 0.167. The molecule has 0 aliphatic carbocycles. The fourth-order valence-electron chi connectivity index (χ4n) is 1.03. The molecule has 1 rings (SSSR count). The van der Waals surface area contributed by atoms with E-state index in [4.69, 9.17) is 0 Å². The van der Waals surface area contributed by atoms with Crippen LogP contribution in [-0.4, -0.2) is 19.3 Å². The molecule has 0 saturated heterocycles. The third-order valence-electron chi connectivity index (χ3n) is 1.82. The van der Waals surface area contributed by atoms with Gasteiger partial charge in [-0.05, 0) is 12.5 Å². The molecule has 0 unspecified atom stereocenters. The predicted molar refractivity (Wildman–Crippen MR) is 59.8 cm³/mol. The second kappa shape index (κ2) is 5.75. The van der Waals surface area contributed by atoms with E-state index in [1.54, 1.807) is 19.2 Å². The number of hydrogen-bond acceptors (Lipinski definition) is 3. The highest BCUT2D eigenvalue weighted by molar-refractivity contribution is 5.92. The van der Waals surface area contributed by atoms with Crippen LogP contribution in [0.3, 0.4) is 0 Å². The van der Waals surface area contributed by atoms with Crippen molar-refractivity contribution < 1.29 is 9.53 Å². The Morgan fingerprint density at radius 3 is 2.53 bits per heavy atom. The summed E-state index contributed by atoms with van der Waals surface area (Å²) in [6.45, 7) is 1.74. The number of aliphatic imine (C=N–C) groups is 1. The maximum absolute atomic E-state index is 11.2. The molecule has 0 bridgehead atoms. The number of ether oxygens (including phenoxy) is 1. The molecule has 78 valence electrons. The van der Waals surface area contributed by atoms with Gasteiger partial charge in [-0.2, -0.15) is 0 Å². The fourth-order valence-corrected chi connectivity index (χ4v) is 1.03. The zero-order chi connectivity index (χ0) is 11.1. The molecule has 0 aromatic heterocycles. The normalized spacial score (nSPS) is 11.7. The lowest BCUT2D eigenvalue weighted by Gasteiger charge is -1.97. The zero-order valence-electron chi connectivity index (χ0n) is 8.81. The van der Waals surface area contributed by atoms with Crippen LogP contribution < -0.4 is 0 Å². The van der Waals surface area contributed by atoms with E-state index in [9.17, 15) is 4.79 Å². The van der Waals surface area contributed by atoms with E-state index < -0.39 is 5.97 Å². The Morgan fingerprint density at radius 2 is 2.00 bits per heavy atom. The first-order valence-corrected chi connectivity index (χ1v) is 4.61. The van der Waals surface area contributed by atoms with E-state index in [1.165, 1.54) is 7.11 Å². The van der Waals surface area contributed by atoms with Crippen LogP contribution in [-0.2, 0) is 9.53 Å². The molecule has 1 aromatic rings. The first-order valence-electron chi connectivity index (χ1n) is 4.61. The summed E-state index contributed by atoms with van der Waals surface area (Å²) in [5.74, 6) is -0.426. The number of allylic oxidation sites excluding steroid dienone is 1. The number of esters is 1. The Hall–Kier alpha value is -1.90. The van der Waals surface area contributed by atoms with Gasteiger partial charge in [-0.1, -0.05) is 36.4 Å². The first-order chi connectivity index (χ1) is 7.27. The van der Waals surface area contributed by atoms with Crippen molar-refractivity contribution in [3.8, 4) is 0 Å². The van der Waals surface area contributed by atoms with Crippen LogP contribution in [0.1, 0.15) is 12.5 Å². The zero-order valence-corrected chi connectivity index (χ0v) is 8.81. The SMILES string of the molecule is C/C=C(\N=Cc1ccccc1)C(=O)OC. The highest BCUT2D eigenvalue weighted by atomic mass is 16.5. The smallest absolute Gasteiger partial charge is 0.356 e. The van der Waals surface area contributed by atoms with E-state index in [0.717, 1.165) is 5.56 Å². The number of hydrogen-bond donors (Lipinski definition) is 0. The van der Waals surface area contributed by atoms with Crippen LogP contribution in [0, 0.1) is 0 Å². The molecule has 0 radical (unpaired) electrons. The molecule has 0 N–H and O–H groups in total. The molecule has 0 fully saturated rings. The minimum Gasteiger partial charge on any atom is -0.464 e. The molecule has 1 aromatic carbocycles. The molecule has 0 aliphatic heterocycles. The van der Waals surface area contributed by atoms with Gasteiger partial charge in [0.15, 0.2) is 0 Å². The van der Waals surface area contributed by atoms with Gasteiger partial charge < -0.3 is 4.74 Å². The van der Waals surface area contributed by atoms with Gasteiger partial charge >= 0.3 is 5.97 Å². The van der Waals surface area contributed by atoms with E-state index in [0.29, 0.717) is 5.70 Å². The first kappa shape index (κ1) is 11.2. The van der Waals surface area contributed by atoms with E-state index in [1.807, 2.05) is 30.3 Å². The second-order valence-electron chi connectivity index (χ2n) is 2.83. The summed E-state index contributed by atoms with van der Waals surface area (Å²) in [4.78, 5) is 15.2. The minimum absolute atomic E-state index is 0.307. The van der Waals surface area contributed by atoms with Crippen molar-refractivity contribution in [2.24, 2.45) is 4.99 Å². The molecular weight excluding hydrogens is 190 g/mol. The summed E-state index contributed by atoms with van der Waals surface area (Å²) in [6.07, 6.45) is 3.25. The third-order valence-corrected chi connectivity index (χ3v) is 1.82. The van der Waals surface area contributed by atoms with Gasteiger partial charge in [0.05, 0.1) is 7.11 Å². The van der Waals surface area contributed by atoms with E-state index in [2.05, 4.69) is 9.73 Å². The molecule has 0 heterocycles. The maximum Gasteiger partial charge on any atom is 0.356 e. The highest BCUT2D eigenvalue weighted by Gasteiger charge is 2.04. The minimum atomic E-state index is -0.426. The molecule has 0 saturated carbocycles. The number of rotatable bonds is 3. The summed E-state index contributed by atoms with van der Waals surface area (Å²) in [5, 5.41) is 0. The average Bonchev–Trinajstić information content (AvgIpc) is 2.31. The Labute approximate surface area is 89.1 Å². The monoisotopic (exact) mass is 203 g/mol. The van der Waals surface area contributed by atoms with Crippen molar-refractivity contribution in [1.82, 2.24) is 0 Å². The van der Waals surface area contributed by atoms with Crippen LogP contribution >= 0.6 is 0 Å². The van der Waals surface area contributed by atoms with Crippen molar-refractivity contribution in [3.05, 3.63) is 47.7 Å². The van der Waals surface area contributed by atoms with Gasteiger partial charge in [-0.15, -0.1) is 0 Å². The lowest BCUT2D eigenvalue weighted by Crippen LogP contribution is -2.02. The van der Waals surface area contributed by atoms with Crippen molar-refractivity contribution in [1.29, 1.82) is 0 Å². The Morgan fingerprint density at radius 1 is 1.33 bits per heavy atom. The van der Waals surface area contributed by atoms with Crippen molar-refractivity contribution in [3.63, 3.8) is 0 Å². The number of benzene rings is 1. The standard InChI is InChI=1S/C12H13NO2/c1-3-11(12(14)15-2)13-9-10-7-5-4-6-8-10/h3-9H,1-2H3/b11-3-,13-9?. The van der Waals surface area contributed by atoms with Gasteiger partial charge in [0.1, 0.15) is 5.70 Å². The van der Waals surface area contributed by atoms with Gasteiger partial charge in [-0.3, -0.25) is 0 Å². The predicted octanol–water partition coefficient (Wildman–Crippen LogP) is 2.18. The van der Waals surface area contributed by atoms with Gasteiger partial charge in [0.2, 0.25) is 0 Å². The number of nitrogens with zero attached hydrogens (tertiary/aromatic N) is 1. The summed E-state index contributed by atoms with van der Waals surface area (Å²) in [7, 11) is 1.34. The number of carbonyl (C=O) groups is 1. The highest BCUT2D eigenvalue weighted by Crippen LogP contribution is 2.01. The molecular formula is C12H13NO2. The molecule has 0 aliphatic rings. The molecule has 15 heavy (non-hydrogen) atoms. The molecule has 3 heteroatoms. The van der Waals surface area contributed by atoms with Crippen LogP contribution in [0.15, 0.2) is 47.1 Å². The van der Waals surface area contributed by atoms with Gasteiger partial charge in [0.25, 0.3) is 0 Å². The lowest BCUT2D eigenvalue weighted by atomic mass is 10.2. The quantitative estimate of drug-likeness (QED) is 0.429. The summed E-state index contributed by atoms with van der Waals surface area (Å²) >= 11 is 0. The Kier molecular flexibility index (Phi) is 4.29. The molecule has 0 amide bonds. The Balaban J connectivity index is 2.77. The van der Waals surface area contributed by atoms with Gasteiger partial charge in [0, 0.05) is 6.21 Å². The van der Waals surface area contributed by atoms with Crippen molar-refractivity contribution in [2.75, 3.05) is 7.11 Å². The largest absolute Gasteiger partial charge is 0.464 e. The molecule has 0 spiro atoms. The third kappa shape index (κ3) is 3.38.